The van der Waals surface area contributed by atoms with Gasteiger partial charge >= 0.3 is 0 Å². The van der Waals surface area contributed by atoms with Crippen LogP contribution in [0.25, 0.3) is 22.0 Å². The minimum Gasteiger partial charge on any atom is -0.322 e. The van der Waals surface area contributed by atoms with Crippen LogP contribution >= 0.6 is 0 Å². The lowest BCUT2D eigenvalue weighted by molar-refractivity contribution is 0.102. The van der Waals surface area contributed by atoms with E-state index in [4.69, 9.17) is 0 Å². The highest BCUT2D eigenvalue weighted by molar-refractivity contribution is 6.05. The molecule has 0 fully saturated rings. The van der Waals surface area contributed by atoms with Crippen molar-refractivity contribution in [2.45, 2.75) is 13.8 Å². The van der Waals surface area contributed by atoms with Crippen LogP contribution < -0.4 is 10.9 Å². The summed E-state index contributed by atoms with van der Waals surface area (Å²) >= 11 is 0. The molecular formula is C24H19F2N3O2. The van der Waals surface area contributed by atoms with Crippen LogP contribution in [0, 0.1) is 25.5 Å². The zero-order chi connectivity index (χ0) is 22.3. The Morgan fingerprint density at radius 1 is 0.968 bits per heavy atom. The maximum Gasteiger partial charge on any atom is 0.258 e. The minimum atomic E-state index is -0.789. The summed E-state index contributed by atoms with van der Waals surface area (Å²) in [5, 5.41) is 3.29. The summed E-state index contributed by atoms with van der Waals surface area (Å²) < 4.78 is 28.4. The van der Waals surface area contributed by atoms with E-state index in [0.29, 0.717) is 11.1 Å². The van der Waals surface area contributed by atoms with Gasteiger partial charge in [0.15, 0.2) is 0 Å². The normalized spacial score (nSPS) is 11.0. The highest BCUT2D eigenvalue weighted by Gasteiger charge is 2.15. The van der Waals surface area contributed by atoms with Crippen molar-refractivity contribution in [1.82, 2.24) is 9.55 Å². The number of pyridine rings is 2. The molecule has 7 heteroatoms. The van der Waals surface area contributed by atoms with Gasteiger partial charge in [-0.05, 0) is 61.4 Å². The summed E-state index contributed by atoms with van der Waals surface area (Å²) in [5.41, 5.74) is 3.48. The van der Waals surface area contributed by atoms with E-state index in [1.165, 1.54) is 0 Å². The molecule has 5 nitrogen and oxygen atoms in total. The fourth-order valence-corrected chi connectivity index (χ4v) is 3.54. The van der Waals surface area contributed by atoms with Gasteiger partial charge in [0, 0.05) is 47.2 Å². The second-order valence-corrected chi connectivity index (χ2v) is 7.45. The Morgan fingerprint density at radius 3 is 2.39 bits per heavy atom. The highest BCUT2D eigenvalue weighted by Crippen LogP contribution is 2.26. The van der Waals surface area contributed by atoms with E-state index in [1.807, 2.05) is 19.9 Å². The summed E-state index contributed by atoms with van der Waals surface area (Å²) in [6.45, 7) is 3.70. The van der Waals surface area contributed by atoms with E-state index in [0.717, 1.165) is 40.4 Å². The average molecular weight is 419 g/mol. The van der Waals surface area contributed by atoms with Crippen molar-refractivity contribution in [3.05, 3.63) is 93.5 Å². The van der Waals surface area contributed by atoms with E-state index in [1.54, 1.807) is 42.1 Å². The molecule has 0 atom stereocenters. The first-order chi connectivity index (χ1) is 14.7. The predicted molar refractivity (Wildman–Crippen MR) is 116 cm³/mol. The Hall–Kier alpha value is -3.87. The predicted octanol–water partition coefficient (Wildman–Crippen LogP) is 4.75. The number of hydrogen-bond donors (Lipinski definition) is 1. The van der Waals surface area contributed by atoms with Crippen LogP contribution in [0.3, 0.4) is 0 Å². The number of nitrogens with zero attached hydrogens (tertiary/aromatic N) is 2. The number of carbonyl (C=O) groups excluding carboxylic acids is 1. The first-order valence-corrected chi connectivity index (χ1v) is 9.58. The molecule has 156 valence electrons. The molecule has 0 radical (unpaired) electrons. The smallest absolute Gasteiger partial charge is 0.258 e. The second kappa shape index (κ2) is 7.75. The number of carbonyl (C=O) groups is 1. The van der Waals surface area contributed by atoms with Crippen LogP contribution in [0.1, 0.15) is 21.6 Å². The molecule has 0 bridgehead atoms. The van der Waals surface area contributed by atoms with Crippen LogP contribution in [0.15, 0.2) is 59.5 Å². The maximum absolute atomic E-state index is 13.4. The van der Waals surface area contributed by atoms with Gasteiger partial charge in [-0.3, -0.25) is 14.6 Å². The third-order valence-corrected chi connectivity index (χ3v) is 5.16. The number of anilines is 1. The number of rotatable bonds is 3. The Bertz CT molecular complexity index is 1390. The van der Waals surface area contributed by atoms with Crippen LogP contribution in [-0.4, -0.2) is 15.5 Å². The summed E-state index contributed by atoms with van der Waals surface area (Å²) in [4.78, 5) is 30.0. The van der Waals surface area contributed by atoms with Gasteiger partial charge in [0.1, 0.15) is 11.6 Å². The fraction of sp³-hybridized carbons (Fsp3) is 0.125. The van der Waals surface area contributed by atoms with Gasteiger partial charge in [-0.25, -0.2) is 8.78 Å². The molecule has 0 aliphatic carbocycles. The minimum absolute atomic E-state index is 0.00712. The first-order valence-electron chi connectivity index (χ1n) is 9.58. The quantitative estimate of drug-likeness (QED) is 0.521. The Balaban J connectivity index is 1.78. The number of halogens is 2. The van der Waals surface area contributed by atoms with Crippen molar-refractivity contribution in [2.24, 2.45) is 7.05 Å². The van der Waals surface area contributed by atoms with E-state index < -0.39 is 17.5 Å². The van der Waals surface area contributed by atoms with Gasteiger partial charge in [0.25, 0.3) is 11.5 Å². The molecule has 4 rings (SSSR count). The van der Waals surface area contributed by atoms with Crippen molar-refractivity contribution in [2.75, 3.05) is 5.32 Å². The van der Waals surface area contributed by atoms with Crippen LogP contribution in [-0.2, 0) is 7.05 Å². The van der Waals surface area contributed by atoms with E-state index in [-0.39, 0.29) is 16.8 Å². The molecule has 2 heterocycles. The van der Waals surface area contributed by atoms with E-state index >= 15 is 0 Å². The number of benzene rings is 2. The van der Waals surface area contributed by atoms with E-state index in [9.17, 15) is 18.4 Å². The van der Waals surface area contributed by atoms with Crippen LogP contribution in [0.2, 0.25) is 0 Å². The SMILES string of the molecule is Cc1cc2c(cn1)cc(-c1cc(C(=O)Nc3cc(F)cc(F)c3)ccc1C)c(=O)n2C. The highest BCUT2D eigenvalue weighted by atomic mass is 19.1. The average Bonchev–Trinajstić information content (AvgIpc) is 2.71. The molecule has 0 saturated heterocycles. The molecule has 31 heavy (non-hydrogen) atoms. The molecule has 4 aromatic rings. The molecule has 2 aromatic carbocycles. The second-order valence-electron chi connectivity index (χ2n) is 7.45. The molecule has 2 aromatic heterocycles. The van der Waals surface area contributed by atoms with Gasteiger partial charge in [-0.2, -0.15) is 0 Å². The van der Waals surface area contributed by atoms with Crippen molar-refractivity contribution in [3.8, 4) is 11.1 Å². The number of nitrogens with one attached hydrogen (secondary N) is 1. The zero-order valence-electron chi connectivity index (χ0n) is 17.2. The molecule has 0 spiro atoms. The Kier molecular flexibility index (Phi) is 5.10. The monoisotopic (exact) mass is 419 g/mol. The largest absolute Gasteiger partial charge is 0.322 e. The zero-order valence-corrected chi connectivity index (χ0v) is 17.2. The maximum atomic E-state index is 13.4. The van der Waals surface area contributed by atoms with Gasteiger partial charge < -0.3 is 9.88 Å². The third-order valence-electron chi connectivity index (χ3n) is 5.16. The van der Waals surface area contributed by atoms with Crippen molar-refractivity contribution >= 4 is 22.5 Å². The lowest BCUT2D eigenvalue weighted by Gasteiger charge is -2.13. The lowest BCUT2D eigenvalue weighted by Crippen LogP contribution is -2.20. The topological polar surface area (TPSA) is 64.0 Å². The molecule has 1 amide bonds. The Morgan fingerprint density at radius 2 is 1.68 bits per heavy atom. The molecule has 0 saturated carbocycles. The lowest BCUT2D eigenvalue weighted by atomic mass is 9.97. The number of amides is 1. The molecule has 0 aliphatic rings. The first kappa shape index (κ1) is 20.4. The van der Waals surface area contributed by atoms with Crippen LogP contribution in [0.5, 0.6) is 0 Å². The number of aryl methyl sites for hydroxylation is 3. The summed E-state index contributed by atoms with van der Waals surface area (Å²) in [7, 11) is 1.69. The van der Waals surface area contributed by atoms with Crippen LogP contribution in [0.4, 0.5) is 14.5 Å². The standard InChI is InChI=1S/C24H19F2N3O2/c1-13-4-5-15(23(30)28-19-10-17(25)9-18(26)11-19)7-20(13)21-8-16-12-27-14(2)6-22(16)29(3)24(21)31/h4-12H,1-3H3,(H,28,30). The molecular weight excluding hydrogens is 400 g/mol. The van der Waals surface area contributed by atoms with Gasteiger partial charge in [0.2, 0.25) is 0 Å². The van der Waals surface area contributed by atoms with Crippen molar-refractivity contribution in [3.63, 3.8) is 0 Å². The third kappa shape index (κ3) is 3.94. The van der Waals surface area contributed by atoms with Gasteiger partial charge in [-0.15, -0.1) is 0 Å². The van der Waals surface area contributed by atoms with Crippen molar-refractivity contribution < 1.29 is 13.6 Å². The number of hydrogen-bond acceptors (Lipinski definition) is 3. The molecule has 0 unspecified atom stereocenters. The summed E-state index contributed by atoms with van der Waals surface area (Å²) in [5.74, 6) is -2.12. The van der Waals surface area contributed by atoms with E-state index in [2.05, 4.69) is 10.3 Å². The summed E-state index contributed by atoms with van der Waals surface area (Å²) in [6.07, 6.45) is 1.71. The van der Waals surface area contributed by atoms with Gasteiger partial charge in [-0.1, -0.05) is 6.07 Å². The summed E-state index contributed by atoms with van der Waals surface area (Å²) in [6, 6.07) is 11.3. The number of fused-ring (bicyclic) bond motifs is 1. The Labute approximate surface area is 177 Å². The van der Waals surface area contributed by atoms with Gasteiger partial charge in [0.05, 0.1) is 5.52 Å². The number of aromatic nitrogens is 2. The van der Waals surface area contributed by atoms with Crippen molar-refractivity contribution in [1.29, 1.82) is 0 Å². The molecule has 0 aliphatic heterocycles. The fourth-order valence-electron chi connectivity index (χ4n) is 3.54. The molecule has 1 N–H and O–H groups in total.